The minimum Gasteiger partial charge on any atom is -0.481 e. The molecule has 8 nitrogen and oxygen atoms in total. The van der Waals surface area contributed by atoms with Crippen molar-refractivity contribution in [2.75, 3.05) is 13.2 Å². The molecule has 1 aliphatic rings. The number of aryl methyl sites for hydroxylation is 1. The van der Waals surface area contributed by atoms with Gasteiger partial charge in [-0.25, -0.2) is 0 Å². The molecule has 1 aromatic rings. The number of hydrogen-bond acceptors (Lipinski definition) is 5. The second-order valence-corrected chi connectivity index (χ2v) is 5.22. The molecule has 2 rings (SSSR count). The number of nitrogens with two attached hydrogens (primary N) is 1. The summed E-state index contributed by atoms with van der Waals surface area (Å²) in [7, 11) is 1.72. The zero-order valence-electron chi connectivity index (χ0n) is 11.4. The van der Waals surface area contributed by atoms with Gasteiger partial charge in [0.15, 0.2) is 0 Å². The molecule has 8 heteroatoms. The van der Waals surface area contributed by atoms with E-state index in [9.17, 15) is 14.7 Å². The van der Waals surface area contributed by atoms with E-state index < -0.39 is 29.4 Å². The van der Waals surface area contributed by atoms with Crippen LogP contribution in [0, 0.1) is 5.41 Å². The first-order chi connectivity index (χ1) is 9.34. The Bertz CT molecular complexity index is 529. The number of rotatable bonds is 4. The highest BCUT2D eigenvalue weighted by Crippen LogP contribution is 2.29. The van der Waals surface area contributed by atoms with Crippen molar-refractivity contribution in [3.05, 3.63) is 18.0 Å². The third-order valence-corrected chi connectivity index (χ3v) is 3.63. The van der Waals surface area contributed by atoms with Crippen LogP contribution in [0.1, 0.15) is 18.5 Å². The fraction of sp³-hybridized carbons (Fsp3) is 0.583. The predicted octanol–water partition coefficient (Wildman–Crippen LogP) is -0.974. The van der Waals surface area contributed by atoms with Crippen molar-refractivity contribution in [2.24, 2.45) is 18.2 Å². The molecule has 0 aliphatic carbocycles. The number of carboxylic acid groups (broad SMARTS) is 1. The predicted molar refractivity (Wildman–Crippen MR) is 68.6 cm³/mol. The first-order valence-electron chi connectivity index (χ1n) is 6.20. The largest absolute Gasteiger partial charge is 0.481 e. The van der Waals surface area contributed by atoms with E-state index in [0.29, 0.717) is 5.56 Å². The third kappa shape index (κ3) is 2.52. The van der Waals surface area contributed by atoms with Crippen molar-refractivity contribution in [1.82, 2.24) is 15.1 Å². The standard InChI is InChI=1S/C12H18N4O4/c1-12(11(18)19)6-20-5-8(12)15-10(17)9(13)7-3-14-16(2)4-7/h3-4,8-9H,5-6,13H2,1-2H3,(H,15,17)(H,18,19). The van der Waals surface area contributed by atoms with Gasteiger partial charge in [-0.1, -0.05) is 0 Å². The number of aliphatic carboxylic acids is 1. The van der Waals surface area contributed by atoms with E-state index >= 15 is 0 Å². The van der Waals surface area contributed by atoms with Gasteiger partial charge in [0.05, 0.1) is 25.5 Å². The molecule has 1 fully saturated rings. The van der Waals surface area contributed by atoms with Crippen LogP contribution in [0.3, 0.4) is 0 Å². The number of nitrogens with one attached hydrogen (secondary N) is 1. The molecule has 1 amide bonds. The van der Waals surface area contributed by atoms with E-state index in [4.69, 9.17) is 10.5 Å². The fourth-order valence-corrected chi connectivity index (χ4v) is 2.10. The number of carbonyl (C=O) groups is 2. The zero-order valence-corrected chi connectivity index (χ0v) is 11.4. The van der Waals surface area contributed by atoms with E-state index in [-0.39, 0.29) is 13.2 Å². The molecule has 1 aliphatic heterocycles. The molecule has 20 heavy (non-hydrogen) atoms. The molecule has 0 spiro atoms. The minimum atomic E-state index is -1.13. The van der Waals surface area contributed by atoms with Gasteiger partial charge >= 0.3 is 5.97 Å². The van der Waals surface area contributed by atoms with Crippen LogP contribution in [0.15, 0.2) is 12.4 Å². The summed E-state index contributed by atoms with van der Waals surface area (Å²) in [5.74, 6) is -1.45. The van der Waals surface area contributed by atoms with Gasteiger partial charge in [0.1, 0.15) is 11.5 Å². The van der Waals surface area contributed by atoms with Crippen molar-refractivity contribution in [3.63, 3.8) is 0 Å². The molecule has 0 aromatic carbocycles. The van der Waals surface area contributed by atoms with E-state index in [2.05, 4.69) is 10.4 Å². The van der Waals surface area contributed by atoms with Crippen molar-refractivity contribution < 1.29 is 19.4 Å². The minimum absolute atomic E-state index is 0.0649. The Balaban J connectivity index is 2.06. The van der Waals surface area contributed by atoms with Crippen LogP contribution in [-0.2, 0) is 21.4 Å². The van der Waals surface area contributed by atoms with Gasteiger partial charge in [-0.15, -0.1) is 0 Å². The molecule has 1 saturated heterocycles. The smallest absolute Gasteiger partial charge is 0.313 e. The highest BCUT2D eigenvalue weighted by Gasteiger charge is 2.47. The van der Waals surface area contributed by atoms with Crippen molar-refractivity contribution in [2.45, 2.75) is 19.0 Å². The van der Waals surface area contributed by atoms with Gasteiger partial charge < -0.3 is 20.9 Å². The number of amides is 1. The molecule has 1 aromatic heterocycles. The van der Waals surface area contributed by atoms with E-state index in [0.717, 1.165) is 0 Å². The zero-order chi connectivity index (χ0) is 14.9. The molecule has 0 saturated carbocycles. The van der Waals surface area contributed by atoms with Gasteiger partial charge in [-0.05, 0) is 6.92 Å². The summed E-state index contributed by atoms with van der Waals surface area (Å²) in [4.78, 5) is 23.4. The van der Waals surface area contributed by atoms with Gasteiger partial charge in [-0.3, -0.25) is 14.3 Å². The van der Waals surface area contributed by atoms with Gasteiger partial charge in [-0.2, -0.15) is 5.10 Å². The SMILES string of the molecule is Cn1cc(C(N)C(=O)NC2COCC2(C)C(=O)O)cn1. The van der Waals surface area contributed by atoms with Crippen LogP contribution in [0.25, 0.3) is 0 Å². The average molecular weight is 282 g/mol. The van der Waals surface area contributed by atoms with Crippen LogP contribution in [0.2, 0.25) is 0 Å². The highest BCUT2D eigenvalue weighted by molar-refractivity contribution is 5.84. The molecular formula is C12H18N4O4. The number of ether oxygens (including phenoxy) is 1. The lowest BCUT2D eigenvalue weighted by atomic mass is 9.85. The lowest BCUT2D eigenvalue weighted by Gasteiger charge is -2.26. The third-order valence-electron chi connectivity index (χ3n) is 3.63. The average Bonchev–Trinajstić information content (AvgIpc) is 2.97. The quantitative estimate of drug-likeness (QED) is 0.653. The maximum atomic E-state index is 12.1. The number of nitrogens with zero attached hydrogens (tertiary/aromatic N) is 2. The summed E-state index contributed by atoms with van der Waals surface area (Å²) in [5.41, 5.74) is 5.28. The van der Waals surface area contributed by atoms with Crippen LogP contribution in [-0.4, -0.2) is 46.0 Å². The maximum Gasteiger partial charge on any atom is 0.313 e. The molecule has 3 atom stereocenters. The maximum absolute atomic E-state index is 12.1. The lowest BCUT2D eigenvalue weighted by molar-refractivity contribution is -0.149. The molecule has 0 bridgehead atoms. The van der Waals surface area contributed by atoms with E-state index in [1.54, 1.807) is 24.9 Å². The van der Waals surface area contributed by atoms with Crippen LogP contribution < -0.4 is 11.1 Å². The molecule has 0 radical (unpaired) electrons. The monoisotopic (exact) mass is 282 g/mol. The number of aromatic nitrogens is 2. The molecular weight excluding hydrogens is 264 g/mol. The van der Waals surface area contributed by atoms with E-state index in [1.807, 2.05) is 0 Å². The normalized spacial score (nSPS) is 27.2. The van der Waals surface area contributed by atoms with Crippen LogP contribution in [0.4, 0.5) is 0 Å². The van der Waals surface area contributed by atoms with Gasteiger partial charge in [0.25, 0.3) is 0 Å². The van der Waals surface area contributed by atoms with E-state index in [1.165, 1.54) is 6.20 Å². The molecule has 4 N–H and O–H groups in total. The Hall–Kier alpha value is -1.93. The number of carboxylic acids is 1. The summed E-state index contributed by atoms with van der Waals surface area (Å²) >= 11 is 0. The summed E-state index contributed by atoms with van der Waals surface area (Å²) in [6, 6.07) is -1.49. The molecule has 110 valence electrons. The lowest BCUT2D eigenvalue weighted by Crippen LogP contribution is -2.51. The highest BCUT2D eigenvalue weighted by atomic mass is 16.5. The first-order valence-corrected chi connectivity index (χ1v) is 6.20. The van der Waals surface area contributed by atoms with Crippen LogP contribution in [0.5, 0.6) is 0 Å². The first kappa shape index (κ1) is 14.5. The van der Waals surface area contributed by atoms with Crippen molar-refractivity contribution in [1.29, 1.82) is 0 Å². The summed E-state index contributed by atoms with van der Waals surface area (Å²) in [6.07, 6.45) is 3.15. The van der Waals surface area contributed by atoms with Gasteiger partial charge in [0, 0.05) is 18.8 Å². The Labute approximate surface area is 115 Å². The Morgan fingerprint density at radius 3 is 2.95 bits per heavy atom. The summed E-state index contributed by atoms with van der Waals surface area (Å²) in [5, 5.41) is 15.8. The number of hydrogen-bond donors (Lipinski definition) is 3. The summed E-state index contributed by atoms with van der Waals surface area (Å²) in [6.45, 7) is 1.77. The Morgan fingerprint density at radius 1 is 1.70 bits per heavy atom. The summed E-state index contributed by atoms with van der Waals surface area (Å²) < 4.78 is 6.72. The van der Waals surface area contributed by atoms with Crippen molar-refractivity contribution >= 4 is 11.9 Å². The van der Waals surface area contributed by atoms with Gasteiger partial charge in [0.2, 0.25) is 5.91 Å². The topological polar surface area (TPSA) is 119 Å². The number of carbonyl (C=O) groups excluding carboxylic acids is 1. The Morgan fingerprint density at radius 2 is 2.40 bits per heavy atom. The Kier molecular flexibility index (Phi) is 3.78. The second kappa shape index (κ2) is 5.22. The van der Waals surface area contributed by atoms with Crippen LogP contribution >= 0.6 is 0 Å². The molecule has 2 heterocycles. The fourth-order valence-electron chi connectivity index (χ4n) is 2.10. The second-order valence-electron chi connectivity index (χ2n) is 5.22. The molecule has 3 unspecified atom stereocenters. The van der Waals surface area contributed by atoms with Crippen molar-refractivity contribution in [3.8, 4) is 0 Å².